The number of alkyl halides is 1. The number of ether oxygens (including phenoxy) is 1. The summed E-state index contributed by atoms with van der Waals surface area (Å²) in [5.74, 6) is -2.11. The molecule has 0 radical (unpaired) electrons. The summed E-state index contributed by atoms with van der Waals surface area (Å²) in [6, 6.07) is 9.78. The first-order valence-corrected chi connectivity index (χ1v) is 17.3. The van der Waals surface area contributed by atoms with Crippen molar-refractivity contribution in [2.24, 2.45) is 10.9 Å². The van der Waals surface area contributed by atoms with E-state index in [0.29, 0.717) is 30.2 Å². The summed E-state index contributed by atoms with van der Waals surface area (Å²) in [7, 11) is 0. The van der Waals surface area contributed by atoms with Crippen molar-refractivity contribution in [3.05, 3.63) is 75.7 Å². The molecule has 1 aromatic rings. The van der Waals surface area contributed by atoms with Gasteiger partial charge >= 0.3 is 0 Å². The summed E-state index contributed by atoms with van der Waals surface area (Å²) < 4.78 is 35.1. The molecule has 250 valence electrons. The number of halogens is 3. The summed E-state index contributed by atoms with van der Waals surface area (Å²) in [6.07, 6.45) is 9.55. The standard InChI is InChI=1S/C37H39ClF2N6O2/c1-23(39)36(47)46-15-14-44(21-26(46)10-12-41)34-30-16-32(38)29(28-9-4-7-24-6-2-3-8-27(24)28)17-33(30)43-35(31(34)19-42)48-22-37-11-5-13-45(37)20-25(40)18-37/h4,7,9,16-17,25-26,30,33H,1-3,5-6,8,10-11,13-15,18,20-22H2/t25-,26+,30?,33?,37+/m1/s1. The zero-order valence-corrected chi connectivity index (χ0v) is 27.7. The highest BCUT2D eigenvalue weighted by molar-refractivity contribution is 6.37. The topological polar surface area (TPSA) is 96.0 Å². The maximum Gasteiger partial charge on any atom is 0.282 e. The maximum absolute atomic E-state index is 14.6. The Morgan fingerprint density at radius 2 is 1.98 bits per heavy atom. The molecule has 0 bridgehead atoms. The Labute approximate surface area is 285 Å². The quantitative estimate of drug-likeness (QED) is 0.357. The molecule has 4 aliphatic heterocycles. The van der Waals surface area contributed by atoms with Crippen molar-refractivity contribution in [1.82, 2.24) is 14.7 Å². The Balaban J connectivity index is 1.28. The van der Waals surface area contributed by atoms with Crippen LogP contribution in [0.2, 0.25) is 0 Å². The molecular formula is C37H39ClF2N6O2. The molecular weight excluding hydrogens is 634 g/mol. The van der Waals surface area contributed by atoms with E-state index in [4.69, 9.17) is 21.3 Å². The Kier molecular flexibility index (Phi) is 8.91. The highest BCUT2D eigenvalue weighted by atomic mass is 35.5. The van der Waals surface area contributed by atoms with Crippen molar-refractivity contribution in [2.45, 2.75) is 75.2 Å². The van der Waals surface area contributed by atoms with Crippen LogP contribution in [0.25, 0.3) is 5.57 Å². The highest BCUT2D eigenvalue weighted by Gasteiger charge is 2.50. The fraction of sp³-hybridized carbons (Fsp3) is 0.514. The minimum Gasteiger partial charge on any atom is -0.475 e. The van der Waals surface area contributed by atoms with E-state index in [1.165, 1.54) is 16.0 Å². The molecule has 7 rings (SSSR count). The van der Waals surface area contributed by atoms with Crippen molar-refractivity contribution in [3.8, 4) is 12.1 Å². The zero-order chi connectivity index (χ0) is 33.6. The van der Waals surface area contributed by atoms with Gasteiger partial charge < -0.3 is 14.5 Å². The monoisotopic (exact) mass is 672 g/mol. The molecule has 0 spiro atoms. The average molecular weight is 673 g/mol. The van der Waals surface area contributed by atoms with Crippen molar-refractivity contribution < 1.29 is 18.3 Å². The third-order valence-electron chi connectivity index (χ3n) is 11.0. The van der Waals surface area contributed by atoms with E-state index in [0.717, 1.165) is 56.2 Å². The Morgan fingerprint density at radius 3 is 2.77 bits per heavy atom. The van der Waals surface area contributed by atoms with E-state index in [1.54, 1.807) is 0 Å². The molecule has 11 heteroatoms. The van der Waals surface area contributed by atoms with E-state index >= 15 is 0 Å². The molecule has 48 heavy (non-hydrogen) atoms. The number of hydrogen-bond donors (Lipinski definition) is 0. The smallest absolute Gasteiger partial charge is 0.282 e. The predicted octanol–water partition coefficient (Wildman–Crippen LogP) is 5.76. The number of dihydropyridines is 1. The molecule has 2 unspecified atom stereocenters. The largest absolute Gasteiger partial charge is 0.475 e. The SMILES string of the molecule is C=C(F)C(=O)N1CCN(C2=C(C#N)C(OC[C@@]34CCCN3C[C@H](F)C4)=NC3C=C(c4cccc5c4CCCC5)C(Cl)=CC23)C[C@@H]1CC#N. The fourth-order valence-corrected chi connectivity index (χ4v) is 9.10. The van der Waals surface area contributed by atoms with Gasteiger partial charge in [0.15, 0.2) is 5.83 Å². The molecule has 2 aliphatic carbocycles. The Morgan fingerprint density at radius 1 is 1.15 bits per heavy atom. The van der Waals surface area contributed by atoms with Crippen LogP contribution in [0.4, 0.5) is 8.78 Å². The molecule has 5 atom stereocenters. The number of fused-ring (bicyclic) bond motifs is 3. The number of piperazine rings is 1. The number of amides is 1. The third kappa shape index (κ3) is 5.73. The minimum atomic E-state index is -1.07. The first-order chi connectivity index (χ1) is 23.2. The lowest BCUT2D eigenvalue weighted by Crippen LogP contribution is -2.56. The van der Waals surface area contributed by atoms with Crippen LogP contribution in [-0.4, -0.2) is 89.6 Å². The second kappa shape index (κ2) is 13.1. The number of nitriles is 2. The number of aryl methyl sites for hydroxylation is 1. The molecule has 3 fully saturated rings. The van der Waals surface area contributed by atoms with E-state index in [9.17, 15) is 24.1 Å². The van der Waals surface area contributed by atoms with Crippen molar-refractivity contribution in [3.63, 3.8) is 0 Å². The summed E-state index contributed by atoms with van der Waals surface area (Å²) in [4.78, 5) is 23.2. The fourth-order valence-electron chi connectivity index (χ4n) is 8.80. The van der Waals surface area contributed by atoms with Crippen LogP contribution in [0, 0.1) is 28.6 Å². The number of hydrogen-bond acceptors (Lipinski definition) is 7. The van der Waals surface area contributed by atoms with Gasteiger partial charge in [-0.3, -0.25) is 9.69 Å². The lowest BCUT2D eigenvalue weighted by molar-refractivity contribution is -0.133. The molecule has 0 N–H and O–H groups in total. The summed E-state index contributed by atoms with van der Waals surface area (Å²) in [6.45, 7) is 5.25. The number of allylic oxidation sites excluding steroid dienone is 2. The lowest BCUT2D eigenvalue weighted by Gasteiger charge is -2.45. The van der Waals surface area contributed by atoms with E-state index in [-0.39, 0.29) is 37.6 Å². The third-order valence-corrected chi connectivity index (χ3v) is 11.3. The molecule has 1 amide bonds. The number of benzene rings is 1. The number of rotatable bonds is 6. The van der Waals surface area contributed by atoms with E-state index in [1.807, 2.05) is 11.0 Å². The first kappa shape index (κ1) is 32.6. The molecule has 3 saturated heterocycles. The normalized spacial score (nSPS) is 29.9. The van der Waals surface area contributed by atoms with E-state index in [2.05, 4.69) is 47.9 Å². The first-order valence-electron chi connectivity index (χ1n) is 17.0. The van der Waals surface area contributed by atoms with Crippen LogP contribution in [0.1, 0.15) is 55.2 Å². The van der Waals surface area contributed by atoms with Gasteiger partial charge in [0.1, 0.15) is 24.4 Å². The van der Waals surface area contributed by atoms with Crippen LogP contribution in [-0.2, 0) is 22.4 Å². The molecule has 4 heterocycles. The van der Waals surface area contributed by atoms with Gasteiger partial charge in [0.25, 0.3) is 5.91 Å². The van der Waals surface area contributed by atoms with Crippen LogP contribution in [0.5, 0.6) is 0 Å². The van der Waals surface area contributed by atoms with Gasteiger partial charge in [-0.05, 0) is 73.4 Å². The Hall–Kier alpha value is -3.99. The number of carbonyl (C=O) groups is 1. The maximum atomic E-state index is 14.6. The van der Waals surface area contributed by atoms with Crippen LogP contribution in [0.3, 0.4) is 0 Å². The van der Waals surface area contributed by atoms with Gasteiger partial charge in [-0.25, -0.2) is 13.8 Å². The van der Waals surface area contributed by atoms with Gasteiger partial charge in [-0.1, -0.05) is 42.5 Å². The van der Waals surface area contributed by atoms with Crippen molar-refractivity contribution in [2.75, 3.05) is 39.3 Å². The van der Waals surface area contributed by atoms with Crippen LogP contribution < -0.4 is 0 Å². The number of aliphatic imine (C=N–C) groups is 1. The number of nitrogens with zero attached hydrogens (tertiary/aromatic N) is 6. The average Bonchev–Trinajstić information content (AvgIpc) is 3.61. The summed E-state index contributed by atoms with van der Waals surface area (Å²) in [5.41, 5.74) is 5.11. The van der Waals surface area contributed by atoms with Gasteiger partial charge in [0.05, 0.1) is 30.1 Å². The van der Waals surface area contributed by atoms with Gasteiger partial charge in [-0.2, -0.15) is 10.5 Å². The number of carbonyl (C=O) groups excluding carboxylic acids is 1. The minimum absolute atomic E-state index is 0.0151. The van der Waals surface area contributed by atoms with Gasteiger partial charge in [0, 0.05) is 49.2 Å². The molecule has 1 aromatic carbocycles. The summed E-state index contributed by atoms with van der Waals surface area (Å²) in [5, 5.41) is 20.9. The molecule has 8 nitrogen and oxygen atoms in total. The van der Waals surface area contributed by atoms with Gasteiger partial charge in [-0.15, -0.1) is 0 Å². The van der Waals surface area contributed by atoms with Crippen molar-refractivity contribution >= 4 is 29.0 Å². The lowest BCUT2D eigenvalue weighted by atomic mass is 9.80. The zero-order valence-electron chi connectivity index (χ0n) is 26.9. The van der Waals surface area contributed by atoms with E-state index < -0.39 is 41.4 Å². The molecule has 0 aromatic heterocycles. The second-order valence-corrected chi connectivity index (χ2v) is 14.2. The van der Waals surface area contributed by atoms with Crippen LogP contribution >= 0.6 is 11.6 Å². The highest BCUT2D eigenvalue weighted by Crippen LogP contribution is 2.45. The Bertz CT molecular complexity index is 1740. The second-order valence-electron chi connectivity index (χ2n) is 13.8. The predicted molar refractivity (Wildman–Crippen MR) is 179 cm³/mol. The molecule has 0 saturated carbocycles. The van der Waals surface area contributed by atoms with Crippen LogP contribution in [0.15, 0.2) is 64.1 Å². The van der Waals surface area contributed by atoms with Crippen molar-refractivity contribution in [1.29, 1.82) is 10.5 Å². The van der Waals surface area contributed by atoms with Gasteiger partial charge in [0.2, 0.25) is 5.90 Å². The molecule has 6 aliphatic rings. The summed E-state index contributed by atoms with van der Waals surface area (Å²) >= 11 is 7.11.